The van der Waals surface area contributed by atoms with E-state index in [4.69, 9.17) is 11.6 Å². The first-order valence-electron chi connectivity index (χ1n) is 7.93. The number of thiophene rings is 1. The zero-order chi connectivity index (χ0) is 18.1. The number of hydrogen-bond acceptors (Lipinski definition) is 5. The molecule has 1 aliphatic carbocycles. The first-order valence-corrected chi connectivity index (χ1v) is 9.19. The Kier molecular flexibility index (Phi) is 6.34. The monoisotopic (exact) mass is 405 g/mol. The molecule has 0 fully saturated rings. The molecule has 1 N–H and O–H groups in total. The minimum Gasteiger partial charge on any atom is -0.871 e. The molecule has 1 atom stereocenters. The number of hydrogen-bond donors (Lipinski definition) is 1. The molecule has 0 radical (unpaired) electrons. The van der Waals surface area contributed by atoms with Gasteiger partial charge in [-0.1, -0.05) is 29.5 Å². The van der Waals surface area contributed by atoms with E-state index in [1.54, 1.807) is 18.2 Å². The molecule has 0 aliphatic heterocycles. The van der Waals surface area contributed by atoms with Gasteiger partial charge in [-0.25, -0.2) is 9.97 Å². The van der Waals surface area contributed by atoms with Gasteiger partial charge in [-0.15, -0.1) is 11.3 Å². The van der Waals surface area contributed by atoms with E-state index in [0.717, 1.165) is 11.1 Å². The van der Waals surface area contributed by atoms with Crippen LogP contribution in [0.2, 0.25) is 5.02 Å². The fraction of sp³-hybridized carbons (Fsp3) is 0.105. The zero-order valence-electron chi connectivity index (χ0n) is 14.5. The normalized spacial score (nSPS) is 17.0. The van der Waals surface area contributed by atoms with Crippen LogP contribution in [0.5, 0.6) is 0 Å². The fourth-order valence-electron chi connectivity index (χ4n) is 3.12. The van der Waals surface area contributed by atoms with Crippen LogP contribution in [0.3, 0.4) is 0 Å². The Labute approximate surface area is 187 Å². The molecule has 1 unspecified atom stereocenters. The van der Waals surface area contributed by atoms with Crippen molar-refractivity contribution in [2.75, 3.05) is 5.32 Å². The number of aromatic nitrogens is 2. The molecule has 4 rings (SSSR count). The molecule has 1 aliphatic rings. The van der Waals surface area contributed by atoms with Crippen LogP contribution in [0.1, 0.15) is 28.3 Å². The number of nitrogens with zero attached hydrogens (tertiary/aromatic N) is 2. The van der Waals surface area contributed by atoms with Gasteiger partial charge >= 0.3 is 29.6 Å². The second kappa shape index (κ2) is 8.54. The van der Waals surface area contributed by atoms with Crippen molar-refractivity contribution in [2.45, 2.75) is 12.3 Å². The third-order valence-electron chi connectivity index (χ3n) is 4.29. The molecule has 0 bridgehead atoms. The molecule has 5 nitrogen and oxygen atoms in total. The molecular formula is C19H13ClN3NaO2S. The van der Waals surface area contributed by atoms with Crippen LogP contribution in [0, 0.1) is 0 Å². The maximum Gasteiger partial charge on any atom is 1.00 e. The van der Waals surface area contributed by atoms with Gasteiger partial charge in [-0.2, -0.15) is 0 Å². The second-order valence-corrected chi connectivity index (χ2v) is 7.27. The summed E-state index contributed by atoms with van der Waals surface area (Å²) in [6, 6.07) is 8.95. The van der Waals surface area contributed by atoms with Gasteiger partial charge in [0.05, 0.1) is 24.0 Å². The summed E-state index contributed by atoms with van der Waals surface area (Å²) >= 11 is 7.52. The molecule has 2 aromatic heterocycles. The summed E-state index contributed by atoms with van der Waals surface area (Å²) < 4.78 is 0. The number of halogens is 1. The van der Waals surface area contributed by atoms with Gasteiger partial charge in [-0.05, 0) is 46.7 Å². The summed E-state index contributed by atoms with van der Waals surface area (Å²) in [5.41, 5.74) is 2.70. The van der Waals surface area contributed by atoms with Gasteiger partial charge in [0.25, 0.3) is 0 Å². The third-order valence-corrected chi connectivity index (χ3v) is 5.39. The molecule has 0 spiro atoms. The molecule has 2 heterocycles. The van der Waals surface area contributed by atoms with Crippen molar-refractivity contribution in [3.8, 4) is 0 Å². The Morgan fingerprint density at radius 3 is 2.74 bits per heavy atom. The van der Waals surface area contributed by atoms with Gasteiger partial charge in [0.15, 0.2) is 0 Å². The number of fused-ring (bicyclic) bond motifs is 1. The van der Waals surface area contributed by atoms with Gasteiger partial charge in [0.1, 0.15) is 6.33 Å². The smallest absolute Gasteiger partial charge is 0.871 e. The fourth-order valence-corrected chi connectivity index (χ4v) is 3.98. The number of carbonyl (C=O) groups excluding carboxylic acids is 1. The summed E-state index contributed by atoms with van der Waals surface area (Å²) in [5.74, 6) is -0.708. The molecule has 8 heteroatoms. The Bertz CT molecular complexity index is 993. The van der Waals surface area contributed by atoms with Crippen molar-refractivity contribution in [3.05, 3.63) is 75.5 Å². The van der Waals surface area contributed by atoms with E-state index in [1.165, 1.54) is 30.1 Å². The topological polar surface area (TPSA) is 77.9 Å². The third kappa shape index (κ3) is 4.10. The number of rotatable bonds is 3. The summed E-state index contributed by atoms with van der Waals surface area (Å²) in [5, 5.41) is 18.1. The minimum absolute atomic E-state index is 0. The van der Waals surface area contributed by atoms with Gasteiger partial charge < -0.3 is 10.4 Å². The number of carbonyl (C=O) groups is 1. The first kappa shape index (κ1) is 20.0. The van der Waals surface area contributed by atoms with Gasteiger partial charge in [-0.3, -0.25) is 4.79 Å². The van der Waals surface area contributed by atoms with Crippen LogP contribution in [-0.2, 0) is 4.79 Å². The number of nitrogens with one attached hydrogen (secondary N) is 1. The summed E-state index contributed by atoms with van der Waals surface area (Å²) in [7, 11) is 0. The molecule has 3 aromatic rings. The predicted octanol–water partition coefficient (Wildman–Crippen LogP) is 0.550. The second-order valence-electron chi connectivity index (χ2n) is 5.89. The largest absolute Gasteiger partial charge is 1.00 e. The van der Waals surface area contributed by atoms with Gasteiger partial charge in [0, 0.05) is 9.90 Å². The molecule has 0 saturated carbocycles. The number of allylic oxidation sites excluding steroid dienone is 1. The Hall–Kier alpha value is -1.70. The van der Waals surface area contributed by atoms with Crippen molar-refractivity contribution >= 4 is 45.9 Å². The Morgan fingerprint density at radius 2 is 2.04 bits per heavy atom. The molecule has 27 heavy (non-hydrogen) atoms. The number of benzene rings is 1. The zero-order valence-corrected chi connectivity index (χ0v) is 18.1. The van der Waals surface area contributed by atoms with Crippen molar-refractivity contribution in [1.29, 1.82) is 0 Å². The van der Waals surface area contributed by atoms with Crippen LogP contribution in [0.25, 0.3) is 11.3 Å². The molecule has 130 valence electrons. The van der Waals surface area contributed by atoms with E-state index >= 15 is 0 Å². The standard InChI is InChI=1S/C19H14ClN3O2S.Na/c20-11-3-4-13-14(6-11)15(18(24)17-2-1-5-26-17)7-16(13)19(25)23-12-8-21-10-22-9-12;/h1-6,8-10,16,24H,7H2,(H,23,25);/q;+1/p-1/b18-15+;. The van der Waals surface area contributed by atoms with E-state index < -0.39 is 5.92 Å². The van der Waals surface area contributed by atoms with E-state index in [0.29, 0.717) is 27.6 Å². The minimum atomic E-state index is -0.457. The summed E-state index contributed by atoms with van der Waals surface area (Å²) in [6.07, 6.45) is 4.80. The SMILES string of the molecule is O=C(Nc1cncnc1)C1C/C(=C(\[O-])c2cccs2)c2cc(Cl)ccc21.[Na+]. The predicted molar refractivity (Wildman–Crippen MR) is 101 cm³/mol. The Morgan fingerprint density at radius 1 is 1.26 bits per heavy atom. The van der Waals surface area contributed by atoms with Crippen molar-refractivity contribution in [1.82, 2.24) is 9.97 Å². The van der Waals surface area contributed by atoms with E-state index in [9.17, 15) is 9.90 Å². The average Bonchev–Trinajstić information content (AvgIpc) is 3.30. The Balaban J connectivity index is 0.00000210. The van der Waals surface area contributed by atoms with Crippen molar-refractivity contribution in [3.63, 3.8) is 0 Å². The van der Waals surface area contributed by atoms with E-state index in [-0.39, 0.29) is 41.2 Å². The molecule has 0 saturated heterocycles. The average molecular weight is 406 g/mol. The van der Waals surface area contributed by atoms with Crippen LogP contribution in [0.4, 0.5) is 5.69 Å². The maximum atomic E-state index is 12.9. The quantitative estimate of drug-likeness (QED) is 0.510. The first-order chi connectivity index (χ1) is 12.6. The molecule has 1 aromatic carbocycles. The van der Waals surface area contributed by atoms with Crippen molar-refractivity contribution in [2.24, 2.45) is 0 Å². The number of amides is 1. The van der Waals surface area contributed by atoms with Crippen molar-refractivity contribution < 1.29 is 39.5 Å². The van der Waals surface area contributed by atoms with Crippen LogP contribution >= 0.6 is 22.9 Å². The summed E-state index contributed by atoms with van der Waals surface area (Å²) in [6.45, 7) is 0. The molecule has 1 amide bonds. The van der Waals surface area contributed by atoms with Gasteiger partial charge in [0.2, 0.25) is 5.91 Å². The van der Waals surface area contributed by atoms with Crippen LogP contribution in [0.15, 0.2) is 54.4 Å². The van der Waals surface area contributed by atoms with Crippen LogP contribution < -0.4 is 40.0 Å². The maximum absolute atomic E-state index is 12.9. The number of anilines is 1. The van der Waals surface area contributed by atoms with E-state index in [2.05, 4.69) is 15.3 Å². The molecular weight excluding hydrogens is 393 g/mol. The van der Waals surface area contributed by atoms with E-state index in [1.807, 2.05) is 17.5 Å². The summed E-state index contributed by atoms with van der Waals surface area (Å²) in [4.78, 5) is 21.2. The van der Waals surface area contributed by atoms with Crippen LogP contribution in [-0.4, -0.2) is 15.9 Å².